The quantitative estimate of drug-likeness (QED) is 0.935. The lowest BCUT2D eigenvalue weighted by molar-refractivity contribution is 0.366. The number of rotatable bonds is 3. The average Bonchev–Trinajstić information content (AvgIpc) is 2.78. The standard InChI is InChI=1S/C15H19F2N3/c1-2-3-15-19-13-8-11(16)12(17)9-14(13)20(15)10-4-6-18-7-5-10/h8-10,18H,2-7H2,1H3. The molecule has 5 heteroatoms. The van der Waals surface area contributed by atoms with Crippen LogP contribution in [0.25, 0.3) is 11.0 Å². The summed E-state index contributed by atoms with van der Waals surface area (Å²) in [6.45, 7) is 4.01. The smallest absolute Gasteiger partial charge is 0.161 e. The Balaban J connectivity index is 2.14. The SMILES string of the molecule is CCCc1nc2cc(F)c(F)cc2n1C1CCNCC1. The molecule has 0 spiro atoms. The third-order valence-corrected chi connectivity index (χ3v) is 3.95. The predicted octanol–water partition coefficient (Wildman–Crippen LogP) is 3.19. The summed E-state index contributed by atoms with van der Waals surface area (Å²) in [7, 11) is 0. The third kappa shape index (κ3) is 2.30. The minimum absolute atomic E-state index is 0.327. The number of hydrogen-bond donors (Lipinski definition) is 1. The third-order valence-electron chi connectivity index (χ3n) is 3.95. The van der Waals surface area contributed by atoms with Gasteiger partial charge in [-0.05, 0) is 32.4 Å². The summed E-state index contributed by atoms with van der Waals surface area (Å²) in [4.78, 5) is 4.52. The molecule has 2 aromatic rings. The molecule has 0 saturated carbocycles. The van der Waals surface area contributed by atoms with E-state index in [1.807, 2.05) is 0 Å². The van der Waals surface area contributed by atoms with Gasteiger partial charge in [-0.25, -0.2) is 13.8 Å². The van der Waals surface area contributed by atoms with Gasteiger partial charge in [-0.1, -0.05) is 6.92 Å². The highest BCUT2D eigenvalue weighted by Crippen LogP contribution is 2.28. The van der Waals surface area contributed by atoms with E-state index in [0.717, 1.165) is 50.1 Å². The number of fused-ring (bicyclic) bond motifs is 1. The van der Waals surface area contributed by atoms with Gasteiger partial charge in [-0.2, -0.15) is 0 Å². The molecule has 2 heterocycles. The molecule has 1 aromatic heterocycles. The van der Waals surface area contributed by atoms with Crippen molar-refractivity contribution in [1.29, 1.82) is 0 Å². The van der Waals surface area contributed by atoms with Crippen LogP contribution < -0.4 is 5.32 Å². The Kier molecular flexibility index (Phi) is 3.70. The van der Waals surface area contributed by atoms with Crippen molar-refractivity contribution >= 4 is 11.0 Å². The summed E-state index contributed by atoms with van der Waals surface area (Å²) >= 11 is 0. The fourth-order valence-corrected chi connectivity index (χ4v) is 3.01. The molecule has 108 valence electrons. The number of hydrogen-bond acceptors (Lipinski definition) is 2. The summed E-state index contributed by atoms with van der Waals surface area (Å²) < 4.78 is 29.1. The van der Waals surface area contributed by atoms with Gasteiger partial charge in [-0.15, -0.1) is 0 Å². The fourth-order valence-electron chi connectivity index (χ4n) is 3.01. The maximum Gasteiger partial charge on any atom is 0.161 e. The molecular weight excluding hydrogens is 260 g/mol. The lowest BCUT2D eigenvalue weighted by atomic mass is 10.1. The minimum Gasteiger partial charge on any atom is -0.325 e. The van der Waals surface area contributed by atoms with Crippen molar-refractivity contribution in [3.05, 3.63) is 29.6 Å². The van der Waals surface area contributed by atoms with E-state index < -0.39 is 11.6 Å². The Morgan fingerprint density at radius 3 is 2.65 bits per heavy atom. The van der Waals surface area contributed by atoms with Crippen LogP contribution in [0.4, 0.5) is 8.78 Å². The van der Waals surface area contributed by atoms with Crippen LogP contribution in [0.15, 0.2) is 12.1 Å². The zero-order chi connectivity index (χ0) is 14.1. The summed E-state index contributed by atoms with van der Waals surface area (Å²) in [6.07, 6.45) is 3.81. The van der Waals surface area contributed by atoms with Crippen LogP contribution in [-0.2, 0) is 6.42 Å². The van der Waals surface area contributed by atoms with Gasteiger partial charge in [-0.3, -0.25) is 0 Å². The van der Waals surface area contributed by atoms with Crippen molar-refractivity contribution in [1.82, 2.24) is 14.9 Å². The molecule has 1 aliphatic rings. The minimum atomic E-state index is -0.824. The summed E-state index contributed by atoms with van der Waals surface area (Å²) in [5.41, 5.74) is 1.28. The first-order chi connectivity index (χ1) is 9.70. The molecule has 0 aliphatic carbocycles. The number of imidazole rings is 1. The predicted molar refractivity (Wildman–Crippen MR) is 74.8 cm³/mol. The van der Waals surface area contributed by atoms with Crippen molar-refractivity contribution in [3.8, 4) is 0 Å². The van der Waals surface area contributed by atoms with Crippen LogP contribution in [-0.4, -0.2) is 22.6 Å². The highest BCUT2D eigenvalue weighted by molar-refractivity contribution is 5.76. The zero-order valence-corrected chi connectivity index (χ0v) is 11.6. The molecular formula is C15H19F2N3. The fraction of sp³-hybridized carbons (Fsp3) is 0.533. The van der Waals surface area contributed by atoms with E-state index >= 15 is 0 Å². The molecule has 0 radical (unpaired) electrons. The van der Waals surface area contributed by atoms with Crippen LogP contribution in [0.5, 0.6) is 0 Å². The molecule has 3 rings (SSSR count). The van der Waals surface area contributed by atoms with Gasteiger partial charge in [0.1, 0.15) is 5.82 Å². The second kappa shape index (κ2) is 5.48. The Hall–Kier alpha value is -1.49. The van der Waals surface area contributed by atoms with E-state index in [2.05, 4.69) is 21.8 Å². The Labute approximate surface area is 117 Å². The van der Waals surface area contributed by atoms with Gasteiger partial charge in [0.15, 0.2) is 11.6 Å². The first kappa shape index (κ1) is 13.5. The van der Waals surface area contributed by atoms with Crippen molar-refractivity contribution in [2.24, 2.45) is 0 Å². The molecule has 1 aromatic carbocycles. The highest BCUT2D eigenvalue weighted by Gasteiger charge is 2.22. The first-order valence-electron chi connectivity index (χ1n) is 7.27. The molecule has 3 nitrogen and oxygen atoms in total. The number of aromatic nitrogens is 2. The maximum absolute atomic E-state index is 13.6. The lowest BCUT2D eigenvalue weighted by Gasteiger charge is -2.26. The van der Waals surface area contributed by atoms with Gasteiger partial charge in [0.05, 0.1) is 11.0 Å². The van der Waals surface area contributed by atoms with Crippen LogP contribution in [0.1, 0.15) is 38.1 Å². The maximum atomic E-state index is 13.6. The number of benzene rings is 1. The van der Waals surface area contributed by atoms with E-state index in [1.165, 1.54) is 12.1 Å². The molecule has 1 aliphatic heterocycles. The van der Waals surface area contributed by atoms with Crippen molar-refractivity contribution < 1.29 is 8.78 Å². The number of nitrogens with zero attached hydrogens (tertiary/aromatic N) is 2. The van der Waals surface area contributed by atoms with Gasteiger partial charge in [0.25, 0.3) is 0 Å². The van der Waals surface area contributed by atoms with Crippen molar-refractivity contribution in [2.75, 3.05) is 13.1 Å². The summed E-state index contributed by atoms with van der Waals surface area (Å²) in [5, 5.41) is 3.33. The molecule has 0 amide bonds. The van der Waals surface area contributed by atoms with E-state index in [4.69, 9.17) is 0 Å². The second-order valence-corrected chi connectivity index (χ2v) is 5.38. The largest absolute Gasteiger partial charge is 0.325 e. The van der Waals surface area contributed by atoms with Crippen LogP contribution in [0, 0.1) is 11.6 Å². The van der Waals surface area contributed by atoms with Crippen LogP contribution >= 0.6 is 0 Å². The van der Waals surface area contributed by atoms with Crippen molar-refractivity contribution in [2.45, 2.75) is 38.6 Å². The Bertz CT molecular complexity index is 615. The van der Waals surface area contributed by atoms with Gasteiger partial charge < -0.3 is 9.88 Å². The zero-order valence-electron chi connectivity index (χ0n) is 11.6. The average molecular weight is 279 g/mol. The topological polar surface area (TPSA) is 29.9 Å². The van der Waals surface area contributed by atoms with Gasteiger partial charge in [0, 0.05) is 24.6 Å². The lowest BCUT2D eigenvalue weighted by Crippen LogP contribution is -2.30. The van der Waals surface area contributed by atoms with E-state index in [-0.39, 0.29) is 0 Å². The Morgan fingerprint density at radius 2 is 1.95 bits per heavy atom. The molecule has 1 N–H and O–H groups in total. The normalized spacial score (nSPS) is 16.9. The summed E-state index contributed by atoms with van der Waals surface area (Å²) in [6, 6.07) is 2.83. The van der Waals surface area contributed by atoms with Gasteiger partial charge >= 0.3 is 0 Å². The molecule has 1 fully saturated rings. The second-order valence-electron chi connectivity index (χ2n) is 5.38. The molecule has 0 unspecified atom stereocenters. The number of piperidine rings is 1. The van der Waals surface area contributed by atoms with E-state index in [1.54, 1.807) is 0 Å². The summed E-state index contributed by atoms with van der Waals surface area (Å²) in [5.74, 6) is -0.675. The molecule has 20 heavy (non-hydrogen) atoms. The molecule has 1 saturated heterocycles. The van der Waals surface area contributed by atoms with Crippen molar-refractivity contribution in [3.63, 3.8) is 0 Å². The number of halogens is 2. The monoisotopic (exact) mass is 279 g/mol. The number of nitrogens with one attached hydrogen (secondary N) is 1. The first-order valence-corrected chi connectivity index (χ1v) is 7.27. The van der Waals surface area contributed by atoms with Gasteiger partial charge in [0.2, 0.25) is 0 Å². The number of aryl methyl sites for hydroxylation is 1. The molecule has 0 bridgehead atoms. The van der Waals surface area contributed by atoms with Crippen LogP contribution in [0.3, 0.4) is 0 Å². The van der Waals surface area contributed by atoms with E-state index in [9.17, 15) is 8.78 Å². The highest BCUT2D eigenvalue weighted by atomic mass is 19.2. The molecule has 0 atom stereocenters. The van der Waals surface area contributed by atoms with Crippen LogP contribution in [0.2, 0.25) is 0 Å². The van der Waals surface area contributed by atoms with E-state index in [0.29, 0.717) is 11.6 Å². The Morgan fingerprint density at radius 1 is 1.25 bits per heavy atom.